The Morgan fingerprint density at radius 3 is 2.50 bits per heavy atom. The number of carboxylic acid groups (broad SMARTS) is 1. The lowest BCUT2D eigenvalue weighted by molar-refractivity contribution is -0.307. The van der Waals surface area contributed by atoms with Crippen molar-refractivity contribution < 1.29 is 29.0 Å². The number of benzene rings is 2. The fraction of sp³-hybridized carbons (Fsp3) is 0.150. The highest BCUT2D eigenvalue weighted by molar-refractivity contribution is 8.19. The molecule has 1 aliphatic rings. The number of anilines is 1. The Hall–Kier alpha value is -3.26. The van der Waals surface area contributed by atoms with Crippen molar-refractivity contribution in [1.29, 1.82) is 0 Å². The predicted molar refractivity (Wildman–Crippen MR) is 103 cm³/mol. The average Bonchev–Trinajstić information content (AvgIpc) is 2.94. The monoisotopic (exact) mass is 398 g/mol. The minimum atomic E-state index is -1.35. The van der Waals surface area contributed by atoms with Crippen LogP contribution in [-0.2, 0) is 9.59 Å². The lowest BCUT2D eigenvalue weighted by Crippen LogP contribution is -2.29. The highest BCUT2D eigenvalue weighted by Crippen LogP contribution is 2.37. The minimum Gasteiger partial charge on any atom is -0.546 e. The highest BCUT2D eigenvalue weighted by atomic mass is 32.2. The second-order valence-corrected chi connectivity index (χ2v) is 6.92. The van der Waals surface area contributed by atoms with E-state index in [1.165, 1.54) is 13.2 Å². The third kappa shape index (κ3) is 4.17. The molecule has 7 nitrogen and oxygen atoms in total. The molecular formula is C20H16NO6S-. The number of ether oxygens (including phenoxy) is 2. The number of methoxy groups -OCH3 is 1. The Labute approximate surface area is 165 Å². The van der Waals surface area contributed by atoms with E-state index in [2.05, 4.69) is 0 Å². The number of carboxylic acids is 1. The van der Waals surface area contributed by atoms with Crippen molar-refractivity contribution in [3.05, 3.63) is 58.5 Å². The zero-order chi connectivity index (χ0) is 20.3. The van der Waals surface area contributed by atoms with E-state index in [9.17, 15) is 19.5 Å². The molecule has 0 bridgehead atoms. The molecular weight excluding hydrogens is 382 g/mol. The predicted octanol–water partition coefficient (Wildman–Crippen LogP) is 2.37. The molecule has 0 spiro atoms. The first kappa shape index (κ1) is 19.5. The number of hydrogen-bond donors (Lipinski definition) is 0. The SMILES string of the molecule is COc1cc(/C=C2\SC(=O)N(c3ccc(C)cc3)C2=O)ccc1OCC(=O)[O-]. The first-order chi connectivity index (χ1) is 13.4. The van der Waals surface area contributed by atoms with E-state index in [1.807, 2.05) is 19.1 Å². The van der Waals surface area contributed by atoms with E-state index >= 15 is 0 Å². The summed E-state index contributed by atoms with van der Waals surface area (Å²) < 4.78 is 10.3. The molecule has 144 valence electrons. The van der Waals surface area contributed by atoms with Gasteiger partial charge in [0.15, 0.2) is 11.5 Å². The molecule has 0 unspecified atom stereocenters. The van der Waals surface area contributed by atoms with Crippen molar-refractivity contribution in [3.63, 3.8) is 0 Å². The van der Waals surface area contributed by atoms with Gasteiger partial charge in [0.25, 0.3) is 11.1 Å². The van der Waals surface area contributed by atoms with Gasteiger partial charge in [0, 0.05) is 0 Å². The van der Waals surface area contributed by atoms with E-state index < -0.39 is 18.5 Å². The second kappa shape index (κ2) is 8.18. The molecule has 1 aliphatic heterocycles. The number of carbonyl (C=O) groups excluding carboxylic acids is 3. The molecule has 0 atom stereocenters. The number of amides is 2. The standard InChI is InChI=1S/C20H17NO6S/c1-12-3-6-14(7-4-12)21-19(24)17(28-20(21)25)10-13-5-8-15(16(9-13)26-2)27-11-18(22)23/h3-10H,11H2,1-2H3,(H,22,23)/p-1/b17-10-. The molecule has 2 amide bonds. The quantitative estimate of drug-likeness (QED) is 0.689. The molecule has 0 aromatic heterocycles. The normalized spacial score (nSPS) is 15.2. The van der Waals surface area contributed by atoms with Gasteiger partial charge in [0.1, 0.15) is 6.61 Å². The summed E-state index contributed by atoms with van der Waals surface area (Å²) in [6.07, 6.45) is 1.57. The summed E-state index contributed by atoms with van der Waals surface area (Å²) in [5.41, 5.74) is 2.14. The van der Waals surface area contributed by atoms with Gasteiger partial charge < -0.3 is 19.4 Å². The van der Waals surface area contributed by atoms with Gasteiger partial charge in [-0.3, -0.25) is 9.59 Å². The van der Waals surface area contributed by atoms with Crippen molar-refractivity contribution in [1.82, 2.24) is 0 Å². The molecule has 0 saturated carbocycles. The maximum absolute atomic E-state index is 12.7. The fourth-order valence-electron chi connectivity index (χ4n) is 2.57. The Kier molecular flexibility index (Phi) is 5.70. The van der Waals surface area contributed by atoms with E-state index in [4.69, 9.17) is 9.47 Å². The summed E-state index contributed by atoms with van der Waals surface area (Å²) >= 11 is 0.848. The van der Waals surface area contributed by atoms with Crippen LogP contribution in [0.15, 0.2) is 47.4 Å². The van der Waals surface area contributed by atoms with Crippen molar-refractivity contribution in [3.8, 4) is 11.5 Å². The smallest absolute Gasteiger partial charge is 0.298 e. The van der Waals surface area contributed by atoms with E-state index in [0.717, 1.165) is 22.2 Å². The van der Waals surface area contributed by atoms with Gasteiger partial charge in [0.05, 0.1) is 23.7 Å². The van der Waals surface area contributed by atoms with Crippen LogP contribution in [0.3, 0.4) is 0 Å². The van der Waals surface area contributed by atoms with Crippen LogP contribution in [0.2, 0.25) is 0 Å². The molecule has 3 rings (SSSR count). The van der Waals surface area contributed by atoms with Crippen molar-refractivity contribution in [2.45, 2.75) is 6.92 Å². The number of carbonyl (C=O) groups is 3. The molecule has 28 heavy (non-hydrogen) atoms. The second-order valence-electron chi connectivity index (χ2n) is 5.92. The van der Waals surface area contributed by atoms with Gasteiger partial charge in [-0.25, -0.2) is 4.90 Å². The Bertz CT molecular complexity index is 967. The van der Waals surface area contributed by atoms with E-state index in [1.54, 1.807) is 30.3 Å². The molecule has 1 fully saturated rings. The third-order valence-electron chi connectivity index (χ3n) is 3.92. The van der Waals surface area contributed by atoms with Gasteiger partial charge in [-0.15, -0.1) is 0 Å². The minimum absolute atomic E-state index is 0.233. The van der Waals surface area contributed by atoms with Crippen LogP contribution in [0.1, 0.15) is 11.1 Å². The maximum Gasteiger partial charge on any atom is 0.298 e. The van der Waals surface area contributed by atoms with Gasteiger partial charge in [0.2, 0.25) is 0 Å². The summed E-state index contributed by atoms with van der Waals surface area (Å²) in [6, 6.07) is 11.9. The number of thioether (sulfide) groups is 1. The summed E-state index contributed by atoms with van der Waals surface area (Å²) in [5.74, 6) is -1.23. The van der Waals surface area contributed by atoms with E-state index in [0.29, 0.717) is 17.0 Å². The Morgan fingerprint density at radius 1 is 1.14 bits per heavy atom. The summed E-state index contributed by atoms with van der Waals surface area (Å²) in [6.45, 7) is 1.32. The third-order valence-corrected chi connectivity index (χ3v) is 4.79. The van der Waals surface area contributed by atoms with Crippen LogP contribution in [-0.4, -0.2) is 30.8 Å². The number of imide groups is 1. The largest absolute Gasteiger partial charge is 0.546 e. The fourth-order valence-corrected chi connectivity index (χ4v) is 3.41. The van der Waals surface area contributed by atoms with Crippen LogP contribution >= 0.6 is 11.8 Å². The molecule has 2 aromatic carbocycles. The lowest BCUT2D eigenvalue weighted by Gasteiger charge is -2.12. The number of aryl methyl sites for hydroxylation is 1. The number of hydrogen-bond acceptors (Lipinski definition) is 7. The zero-order valence-corrected chi connectivity index (χ0v) is 15.9. The molecule has 1 saturated heterocycles. The molecule has 0 aliphatic carbocycles. The van der Waals surface area contributed by atoms with Crippen molar-refractivity contribution in [2.75, 3.05) is 18.6 Å². The van der Waals surface area contributed by atoms with Gasteiger partial charge in [-0.05, 0) is 54.6 Å². The molecule has 2 aromatic rings. The number of rotatable bonds is 6. The van der Waals surface area contributed by atoms with Crippen LogP contribution in [0.25, 0.3) is 6.08 Å². The Morgan fingerprint density at radius 2 is 1.86 bits per heavy atom. The van der Waals surface area contributed by atoms with Crippen LogP contribution in [0, 0.1) is 6.92 Å². The molecule has 0 N–H and O–H groups in total. The van der Waals surface area contributed by atoms with E-state index in [-0.39, 0.29) is 15.9 Å². The van der Waals surface area contributed by atoms with Crippen molar-refractivity contribution in [2.24, 2.45) is 0 Å². The van der Waals surface area contributed by atoms with Crippen molar-refractivity contribution >= 4 is 40.6 Å². The van der Waals surface area contributed by atoms with Gasteiger partial charge >= 0.3 is 0 Å². The maximum atomic E-state index is 12.7. The molecule has 8 heteroatoms. The lowest BCUT2D eigenvalue weighted by atomic mass is 10.1. The van der Waals surface area contributed by atoms with Gasteiger partial charge in [-0.2, -0.15) is 0 Å². The van der Waals surface area contributed by atoms with Gasteiger partial charge in [-0.1, -0.05) is 23.8 Å². The average molecular weight is 398 g/mol. The number of nitrogens with zero attached hydrogens (tertiary/aromatic N) is 1. The summed E-state index contributed by atoms with van der Waals surface area (Å²) in [5, 5.41) is 10.2. The number of aliphatic carboxylic acids is 1. The Balaban J connectivity index is 1.85. The van der Waals surface area contributed by atoms with Crippen LogP contribution in [0.5, 0.6) is 11.5 Å². The summed E-state index contributed by atoms with van der Waals surface area (Å²) in [4.78, 5) is 37.0. The zero-order valence-electron chi connectivity index (χ0n) is 15.1. The molecule has 1 heterocycles. The van der Waals surface area contributed by atoms with Crippen LogP contribution < -0.4 is 19.5 Å². The summed E-state index contributed by atoms with van der Waals surface area (Å²) in [7, 11) is 1.41. The van der Waals surface area contributed by atoms with Crippen LogP contribution in [0.4, 0.5) is 10.5 Å². The first-order valence-corrected chi connectivity index (χ1v) is 9.06. The highest BCUT2D eigenvalue weighted by Gasteiger charge is 2.36. The topological polar surface area (TPSA) is 96.0 Å². The first-order valence-electron chi connectivity index (χ1n) is 8.24. The molecule has 0 radical (unpaired) electrons.